The van der Waals surface area contributed by atoms with Crippen LogP contribution in [-0.2, 0) is 14.2 Å². The normalized spacial score (nSPS) is 45.2. The molecule has 9 unspecified atom stereocenters. The summed E-state index contributed by atoms with van der Waals surface area (Å²) in [6.07, 6.45) is 6.22. The van der Waals surface area contributed by atoms with Gasteiger partial charge in [0.1, 0.15) is 12.4 Å². The first-order chi connectivity index (χ1) is 14.7. The number of methoxy groups -OCH3 is 1. The topological polar surface area (TPSA) is 75.5 Å². The first kappa shape index (κ1) is 22.4. The quantitative estimate of drug-likeness (QED) is 0.684. The Labute approximate surface area is 180 Å². The van der Waals surface area contributed by atoms with Crippen LogP contribution in [0, 0.1) is 40.9 Å². The van der Waals surface area contributed by atoms with Gasteiger partial charge in [-0.25, -0.2) is 4.39 Å². The molecule has 0 aromatic rings. The Morgan fingerprint density at radius 2 is 2.03 bits per heavy atom. The summed E-state index contributed by atoms with van der Waals surface area (Å²) in [5.41, 5.74) is 0. The lowest BCUT2D eigenvalue weighted by Gasteiger charge is -2.45. The van der Waals surface area contributed by atoms with Crippen molar-refractivity contribution in [1.82, 2.24) is 10.6 Å². The number of halogens is 1. The van der Waals surface area contributed by atoms with Crippen LogP contribution in [-0.4, -0.2) is 64.6 Å². The second-order valence-electron chi connectivity index (χ2n) is 9.79. The van der Waals surface area contributed by atoms with E-state index in [-0.39, 0.29) is 12.3 Å². The number of nitriles is 1. The number of nitrogens with one attached hydrogen (secondary N) is 2. The van der Waals surface area contributed by atoms with Crippen molar-refractivity contribution in [2.24, 2.45) is 29.6 Å². The summed E-state index contributed by atoms with van der Waals surface area (Å²) < 4.78 is 32.2. The van der Waals surface area contributed by atoms with Gasteiger partial charge in [-0.2, -0.15) is 5.26 Å². The van der Waals surface area contributed by atoms with Crippen LogP contribution < -0.4 is 10.6 Å². The third-order valence-electron chi connectivity index (χ3n) is 7.93. The van der Waals surface area contributed by atoms with Gasteiger partial charge >= 0.3 is 0 Å². The molecule has 170 valence electrons. The van der Waals surface area contributed by atoms with Crippen LogP contribution in [0.25, 0.3) is 0 Å². The number of nitrogens with zero attached hydrogens (tertiary/aromatic N) is 1. The standard InChI is InChI=1S/C23H38FN3O3/c1-28-14-23-27-13-22(30-23)19-5-2-15(8-18-12-26-6-7-29-18)9-20(19)16-3-4-17(11-25)21(24)10-16/h15-23,26-27H,2-10,12-14H2,1H3. The van der Waals surface area contributed by atoms with Gasteiger partial charge in [-0.1, -0.05) is 0 Å². The average molecular weight is 424 g/mol. The first-order valence-corrected chi connectivity index (χ1v) is 11.9. The largest absolute Gasteiger partial charge is 0.381 e. The molecule has 0 aromatic carbocycles. The van der Waals surface area contributed by atoms with Crippen LogP contribution in [0.4, 0.5) is 4.39 Å². The molecule has 2 N–H and O–H groups in total. The third-order valence-corrected chi connectivity index (χ3v) is 7.93. The zero-order chi connectivity index (χ0) is 20.9. The molecule has 9 atom stereocenters. The molecule has 0 amide bonds. The molecule has 4 fully saturated rings. The Kier molecular flexibility index (Phi) is 7.99. The van der Waals surface area contributed by atoms with E-state index in [2.05, 4.69) is 16.7 Å². The van der Waals surface area contributed by atoms with E-state index in [1.54, 1.807) is 7.11 Å². The van der Waals surface area contributed by atoms with Gasteiger partial charge in [0.15, 0.2) is 0 Å². The summed E-state index contributed by atoms with van der Waals surface area (Å²) in [6, 6.07) is 2.18. The summed E-state index contributed by atoms with van der Waals surface area (Å²) >= 11 is 0. The molecule has 2 saturated carbocycles. The van der Waals surface area contributed by atoms with Gasteiger partial charge < -0.3 is 19.5 Å². The second kappa shape index (κ2) is 10.7. The second-order valence-corrected chi connectivity index (χ2v) is 9.79. The predicted octanol–water partition coefficient (Wildman–Crippen LogP) is 2.64. The fourth-order valence-electron chi connectivity index (χ4n) is 6.42. The number of rotatable bonds is 6. The first-order valence-electron chi connectivity index (χ1n) is 11.9. The lowest BCUT2D eigenvalue weighted by atomic mass is 9.62. The number of alkyl halides is 1. The molecule has 0 aromatic heterocycles. The van der Waals surface area contributed by atoms with E-state index in [1.165, 1.54) is 6.42 Å². The molecule has 4 aliphatic rings. The Morgan fingerprint density at radius 3 is 2.77 bits per heavy atom. The maximum Gasteiger partial charge on any atom is 0.132 e. The summed E-state index contributed by atoms with van der Waals surface area (Å²) in [6.45, 7) is 4.09. The van der Waals surface area contributed by atoms with Crippen LogP contribution in [0.5, 0.6) is 0 Å². The molecular formula is C23H38FN3O3. The molecule has 0 spiro atoms. The van der Waals surface area contributed by atoms with Crippen molar-refractivity contribution in [2.75, 3.05) is 40.0 Å². The monoisotopic (exact) mass is 423 g/mol. The number of morpholine rings is 1. The Hall–Kier alpha value is -0.780. The maximum atomic E-state index is 14.7. The van der Waals surface area contributed by atoms with Crippen LogP contribution in [0.15, 0.2) is 0 Å². The van der Waals surface area contributed by atoms with Gasteiger partial charge in [-0.3, -0.25) is 5.32 Å². The van der Waals surface area contributed by atoms with E-state index in [1.807, 2.05) is 0 Å². The number of ether oxygens (including phenoxy) is 3. The summed E-state index contributed by atoms with van der Waals surface area (Å²) in [7, 11) is 1.70. The van der Waals surface area contributed by atoms with Gasteiger partial charge in [0.25, 0.3) is 0 Å². The molecule has 7 heteroatoms. The molecular weight excluding hydrogens is 385 g/mol. The van der Waals surface area contributed by atoms with Crippen molar-refractivity contribution in [1.29, 1.82) is 5.26 Å². The van der Waals surface area contributed by atoms with E-state index < -0.39 is 12.1 Å². The molecule has 0 radical (unpaired) electrons. The lowest BCUT2D eigenvalue weighted by molar-refractivity contribution is -0.0686. The van der Waals surface area contributed by atoms with Gasteiger partial charge in [0.05, 0.1) is 37.4 Å². The van der Waals surface area contributed by atoms with E-state index >= 15 is 0 Å². The zero-order valence-corrected chi connectivity index (χ0v) is 18.2. The third kappa shape index (κ3) is 5.34. The van der Waals surface area contributed by atoms with Crippen LogP contribution in [0.2, 0.25) is 0 Å². The van der Waals surface area contributed by atoms with Gasteiger partial charge in [-0.05, 0) is 68.6 Å². The minimum atomic E-state index is -0.982. The minimum Gasteiger partial charge on any atom is -0.381 e. The molecule has 0 bridgehead atoms. The van der Waals surface area contributed by atoms with E-state index in [9.17, 15) is 9.65 Å². The Morgan fingerprint density at radius 1 is 1.13 bits per heavy atom. The minimum absolute atomic E-state index is 0.0386. The summed E-state index contributed by atoms with van der Waals surface area (Å²) in [5.74, 6) is 1.49. The number of hydrogen-bond donors (Lipinski definition) is 2. The Bertz CT molecular complexity index is 583. The summed E-state index contributed by atoms with van der Waals surface area (Å²) in [5, 5.41) is 16.1. The van der Waals surface area contributed by atoms with Crippen molar-refractivity contribution < 1.29 is 18.6 Å². The van der Waals surface area contributed by atoms with E-state index in [4.69, 9.17) is 14.2 Å². The predicted molar refractivity (Wildman–Crippen MR) is 111 cm³/mol. The molecule has 4 rings (SSSR count). The highest BCUT2D eigenvalue weighted by atomic mass is 19.1. The molecule has 2 aliphatic carbocycles. The molecule has 6 nitrogen and oxygen atoms in total. The summed E-state index contributed by atoms with van der Waals surface area (Å²) in [4.78, 5) is 0. The van der Waals surface area contributed by atoms with Gasteiger partial charge in [-0.15, -0.1) is 0 Å². The fourth-order valence-corrected chi connectivity index (χ4v) is 6.42. The van der Waals surface area contributed by atoms with E-state index in [0.29, 0.717) is 49.2 Å². The molecule has 2 aliphatic heterocycles. The van der Waals surface area contributed by atoms with E-state index in [0.717, 1.165) is 51.9 Å². The highest BCUT2D eigenvalue weighted by molar-refractivity contribution is 4.98. The van der Waals surface area contributed by atoms with Crippen molar-refractivity contribution in [3.05, 3.63) is 0 Å². The van der Waals surface area contributed by atoms with Gasteiger partial charge in [0.2, 0.25) is 0 Å². The molecule has 30 heavy (non-hydrogen) atoms. The van der Waals surface area contributed by atoms with Crippen LogP contribution >= 0.6 is 0 Å². The highest BCUT2D eigenvalue weighted by Gasteiger charge is 2.45. The molecule has 2 saturated heterocycles. The number of hydrogen-bond acceptors (Lipinski definition) is 6. The van der Waals surface area contributed by atoms with Crippen molar-refractivity contribution >= 4 is 0 Å². The molecule has 2 heterocycles. The lowest BCUT2D eigenvalue weighted by Crippen LogP contribution is -2.44. The zero-order valence-electron chi connectivity index (χ0n) is 18.2. The average Bonchev–Trinajstić information content (AvgIpc) is 3.23. The highest BCUT2D eigenvalue weighted by Crippen LogP contribution is 2.48. The van der Waals surface area contributed by atoms with Crippen LogP contribution in [0.1, 0.15) is 44.9 Å². The fraction of sp³-hybridized carbons (Fsp3) is 0.957. The van der Waals surface area contributed by atoms with Crippen molar-refractivity contribution in [2.45, 2.75) is 69.6 Å². The Balaban J connectivity index is 1.42. The van der Waals surface area contributed by atoms with Crippen molar-refractivity contribution in [3.8, 4) is 6.07 Å². The SMILES string of the molecule is COCC1NCC(C2CCC(CC3CNCCO3)CC2C2CCC(C#N)C(F)C2)O1. The van der Waals surface area contributed by atoms with Gasteiger partial charge in [0, 0.05) is 26.7 Å². The van der Waals surface area contributed by atoms with Crippen LogP contribution in [0.3, 0.4) is 0 Å². The van der Waals surface area contributed by atoms with Crippen molar-refractivity contribution in [3.63, 3.8) is 0 Å². The smallest absolute Gasteiger partial charge is 0.132 e. The maximum absolute atomic E-state index is 14.7.